The molecule has 11 rings (SSSR count). The molecule has 1 heterocycles. The van der Waals surface area contributed by atoms with Crippen LogP contribution in [0.1, 0.15) is 48.4 Å². The van der Waals surface area contributed by atoms with Crippen molar-refractivity contribution in [2.24, 2.45) is 0 Å². The average Bonchev–Trinajstić information content (AvgIpc) is 3.61. The molecule has 2 aliphatic rings. The van der Waals surface area contributed by atoms with Crippen molar-refractivity contribution in [1.29, 1.82) is 0 Å². The van der Waals surface area contributed by atoms with Gasteiger partial charge in [0.1, 0.15) is 0 Å². The number of aromatic nitrogens is 3. The van der Waals surface area contributed by atoms with Gasteiger partial charge < -0.3 is 0 Å². The Morgan fingerprint density at radius 2 is 0.969 bits per heavy atom. The first-order chi connectivity index (χ1) is 31.9. The standard InChI is InChI=1S/C61H47N3S/c1-61(2)54-29-13-12-26-50(54)51-36-35-46(39-55(51)61)45-22-15-24-48(38-45)59-62-58(43-19-8-5-9-20-43)63-60(64-59)53-27-11-10-25-49(53)52-28-16-30-56(65-3)57(52)47-23-14-21-44(37-47)42-33-31-41(32-34-42)40-17-6-4-7-18-40/h4-22,24-39,47H,23H2,1-3H3. The topological polar surface area (TPSA) is 38.7 Å². The average molecular weight is 854 g/mol. The Balaban J connectivity index is 0.998. The van der Waals surface area contributed by atoms with E-state index in [0.29, 0.717) is 17.5 Å². The lowest BCUT2D eigenvalue weighted by Gasteiger charge is -2.24. The van der Waals surface area contributed by atoms with Crippen molar-refractivity contribution in [3.8, 4) is 78.7 Å². The molecule has 4 heteroatoms. The number of rotatable bonds is 9. The van der Waals surface area contributed by atoms with Gasteiger partial charge in [-0.2, -0.15) is 0 Å². The Morgan fingerprint density at radius 1 is 0.431 bits per heavy atom. The lowest BCUT2D eigenvalue weighted by atomic mass is 9.81. The molecule has 0 bridgehead atoms. The molecule has 0 N–H and O–H groups in total. The van der Waals surface area contributed by atoms with E-state index in [0.717, 1.165) is 34.2 Å². The molecule has 1 atom stereocenters. The number of thioether (sulfide) groups is 1. The molecule has 0 saturated carbocycles. The first-order valence-electron chi connectivity index (χ1n) is 22.4. The molecule has 0 radical (unpaired) electrons. The zero-order chi connectivity index (χ0) is 43.9. The molecule has 0 amide bonds. The zero-order valence-corrected chi connectivity index (χ0v) is 37.6. The fourth-order valence-electron chi connectivity index (χ4n) is 9.88. The summed E-state index contributed by atoms with van der Waals surface area (Å²) in [5.41, 5.74) is 18.9. The molecule has 312 valence electrons. The number of hydrogen-bond donors (Lipinski definition) is 0. The molecule has 0 aliphatic heterocycles. The van der Waals surface area contributed by atoms with Crippen LogP contribution in [0.4, 0.5) is 0 Å². The molecular weight excluding hydrogens is 807 g/mol. The molecule has 2 aliphatic carbocycles. The fraction of sp³-hybridized carbons (Fsp3) is 0.0984. The number of nitrogens with zero attached hydrogens (tertiary/aromatic N) is 3. The largest absolute Gasteiger partial charge is 0.208 e. The van der Waals surface area contributed by atoms with Gasteiger partial charge in [-0.25, -0.2) is 15.0 Å². The highest BCUT2D eigenvalue weighted by Crippen LogP contribution is 2.50. The molecule has 1 unspecified atom stereocenters. The second kappa shape index (κ2) is 17.0. The van der Waals surface area contributed by atoms with Gasteiger partial charge in [0.25, 0.3) is 0 Å². The third kappa shape index (κ3) is 7.54. The van der Waals surface area contributed by atoms with Crippen molar-refractivity contribution in [2.45, 2.75) is 36.5 Å². The van der Waals surface area contributed by atoms with Crippen LogP contribution < -0.4 is 0 Å². The van der Waals surface area contributed by atoms with Crippen molar-refractivity contribution in [3.63, 3.8) is 0 Å². The van der Waals surface area contributed by atoms with Crippen molar-refractivity contribution >= 4 is 17.3 Å². The van der Waals surface area contributed by atoms with E-state index in [9.17, 15) is 0 Å². The van der Waals surface area contributed by atoms with Gasteiger partial charge in [0, 0.05) is 32.9 Å². The van der Waals surface area contributed by atoms with Crippen LogP contribution in [0.5, 0.6) is 0 Å². The van der Waals surface area contributed by atoms with Crippen molar-refractivity contribution in [2.75, 3.05) is 6.26 Å². The fourth-order valence-corrected chi connectivity index (χ4v) is 10.6. The van der Waals surface area contributed by atoms with Crippen LogP contribution in [-0.2, 0) is 5.41 Å². The lowest BCUT2D eigenvalue weighted by molar-refractivity contribution is 0.660. The van der Waals surface area contributed by atoms with E-state index in [-0.39, 0.29) is 11.3 Å². The smallest absolute Gasteiger partial charge is 0.164 e. The predicted octanol–water partition coefficient (Wildman–Crippen LogP) is 16.0. The highest BCUT2D eigenvalue weighted by molar-refractivity contribution is 7.98. The third-order valence-corrected chi connectivity index (χ3v) is 14.0. The van der Waals surface area contributed by atoms with Crippen molar-refractivity contribution in [3.05, 3.63) is 235 Å². The summed E-state index contributed by atoms with van der Waals surface area (Å²) in [5, 5.41) is 0. The summed E-state index contributed by atoms with van der Waals surface area (Å²) in [5.74, 6) is 2.10. The second-order valence-electron chi connectivity index (χ2n) is 17.5. The number of benzene rings is 8. The molecule has 0 fully saturated rings. The molecule has 9 aromatic rings. The van der Waals surface area contributed by atoms with Gasteiger partial charge in [-0.05, 0) is 103 Å². The summed E-state index contributed by atoms with van der Waals surface area (Å²) >= 11 is 1.80. The Kier molecular flexibility index (Phi) is 10.5. The third-order valence-electron chi connectivity index (χ3n) is 13.2. The van der Waals surface area contributed by atoms with Gasteiger partial charge >= 0.3 is 0 Å². The first-order valence-corrected chi connectivity index (χ1v) is 23.6. The van der Waals surface area contributed by atoms with Crippen LogP contribution in [-0.4, -0.2) is 21.2 Å². The van der Waals surface area contributed by atoms with E-state index in [4.69, 9.17) is 15.0 Å². The maximum absolute atomic E-state index is 5.34. The quantitative estimate of drug-likeness (QED) is 0.136. The Morgan fingerprint density at radius 3 is 1.74 bits per heavy atom. The first kappa shape index (κ1) is 40.4. The van der Waals surface area contributed by atoms with Crippen LogP contribution in [0, 0.1) is 0 Å². The van der Waals surface area contributed by atoms with Gasteiger partial charge in [-0.3, -0.25) is 0 Å². The monoisotopic (exact) mass is 853 g/mol. The lowest BCUT2D eigenvalue weighted by Crippen LogP contribution is -2.14. The van der Waals surface area contributed by atoms with E-state index in [1.807, 2.05) is 18.2 Å². The Hall–Kier alpha value is -7.40. The van der Waals surface area contributed by atoms with E-state index in [1.165, 1.54) is 66.1 Å². The summed E-state index contributed by atoms with van der Waals surface area (Å²) in [7, 11) is 0. The van der Waals surface area contributed by atoms with Crippen LogP contribution >= 0.6 is 11.8 Å². The van der Waals surface area contributed by atoms with E-state index in [2.05, 4.69) is 214 Å². The highest BCUT2D eigenvalue weighted by Gasteiger charge is 2.35. The highest BCUT2D eigenvalue weighted by atomic mass is 32.2. The van der Waals surface area contributed by atoms with Crippen molar-refractivity contribution in [1.82, 2.24) is 15.0 Å². The van der Waals surface area contributed by atoms with Gasteiger partial charge in [0.05, 0.1) is 0 Å². The van der Waals surface area contributed by atoms with Gasteiger partial charge in [0.2, 0.25) is 0 Å². The van der Waals surface area contributed by atoms with Gasteiger partial charge in [-0.15, -0.1) is 11.8 Å². The van der Waals surface area contributed by atoms with E-state index >= 15 is 0 Å². The summed E-state index contributed by atoms with van der Waals surface area (Å²) in [6, 6.07) is 69.5. The SMILES string of the molecule is CSc1cccc(-c2ccccc2-c2nc(-c3ccccc3)nc(-c3cccc(-c4ccc5c(c4)C(C)(C)c4ccccc4-5)c3)n2)c1C1C=C(c2ccc(-c3ccccc3)cc2)C=CC1. The molecule has 3 nitrogen and oxygen atoms in total. The molecule has 0 saturated heterocycles. The summed E-state index contributed by atoms with van der Waals surface area (Å²) in [6.07, 6.45) is 10.2. The minimum absolute atomic E-state index is 0.0861. The molecule has 1 aromatic heterocycles. The zero-order valence-electron chi connectivity index (χ0n) is 36.7. The molecule has 0 spiro atoms. The Bertz CT molecular complexity index is 3290. The number of fused-ring (bicyclic) bond motifs is 3. The Labute approximate surface area is 386 Å². The molecular formula is C61H47N3S. The van der Waals surface area contributed by atoms with E-state index < -0.39 is 0 Å². The maximum Gasteiger partial charge on any atom is 0.164 e. The summed E-state index contributed by atoms with van der Waals surface area (Å²) in [4.78, 5) is 17.0. The maximum atomic E-state index is 5.34. The normalized spacial score (nSPS) is 14.7. The molecule has 65 heavy (non-hydrogen) atoms. The number of hydrogen-bond acceptors (Lipinski definition) is 4. The summed E-state index contributed by atoms with van der Waals surface area (Å²) in [6.45, 7) is 4.67. The van der Waals surface area contributed by atoms with Crippen molar-refractivity contribution < 1.29 is 0 Å². The predicted molar refractivity (Wildman–Crippen MR) is 273 cm³/mol. The van der Waals surface area contributed by atoms with Crippen LogP contribution in [0.15, 0.2) is 217 Å². The van der Waals surface area contributed by atoms with Gasteiger partial charge in [-0.1, -0.05) is 208 Å². The van der Waals surface area contributed by atoms with Crippen LogP contribution in [0.3, 0.4) is 0 Å². The van der Waals surface area contributed by atoms with Crippen LogP contribution in [0.2, 0.25) is 0 Å². The van der Waals surface area contributed by atoms with Crippen LogP contribution in [0.25, 0.3) is 84.2 Å². The second-order valence-corrected chi connectivity index (χ2v) is 18.3. The molecule has 8 aromatic carbocycles. The minimum atomic E-state index is -0.0861. The van der Waals surface area contributed by atoms with E-state index in [1.54, 1.807) is 11.8 Å². The summed E-state index contributed by atoms with van der Waals surface area (Å²) < 4.78 is 0. The minimum Gasteiger partial charge on any atom is -0.208 e. The number of allylic oxidation sites excluding steroid dienone is 4. The van der Waals surface area contributed by atoms with Gasteiger partial charge in [0.15, 0.2) is 17.5 Å².